The minimum Gasteiger partial charge on any atom is -0.348 e. The van der Waals surface area contributed by atoms with Gasteiger partial charge in [0, 0.05) is 25.1 Å². The van der Waals surface area contributed by atoms with Gasteiger partial charge in [0.2, 0.25) is 0 Å². The molecule has 1 amide bonds. The van der Waals surface area contributed by atoms with Gasteiger partial charge in [-0.05, 0) is 17.7 Å². The zero-order valence-corrected chi connectivity index (χ0v) is 13.6. The van der Waals surface area contributed by atoms with Crippen molar-refractivity contribution >= 4 is 5.91 Å². The van der Waals surface area contributed by atoms with Crippen molar-refractivity contribution in [2.75, 3.05) is 0 Å². The highest BCUT2D eigenvalue weighted by atomic mass is 19.4. The van der Waals surface area contributed by atoms with E-state index in [1.165, 1.54) is 30.7 Å². The first-order chi connectivity index (χ1) is 12.8. The molecule has 3 rings (SSSR count). The van der Waals surface area contributed by atoms with Gasteiger partial charge in [0.05, 0.1) is 11.8 Å². The molecule has 0 unspecified atom stereocenters. The topological polar surface area (TPSA) is 101 Å². The molecule has 27 heavy (non-hydrogen) atoms. The summed E-state index contributed by atoms with van der Waals surface area (Å²) in [6, 6.07) is 4.35. The van der Waals surface area contributed by atoms with Gasteiger partial charge in [0.15, 0.2) is 5.82 Å². The lowest BCUT2D eigenvalue weighted by Crippen LogP contribution is -2.29. The molecule has 0 aliphatic rings. The molecule has 0 saturated heterocycles. The Morgan fingerprint density at radius 2 is 1.81 bits per heavy atom. The summed E-state index contributed by atoms with van der Waals surface area (Å²) in [6.45, 7) is -0.0394. The second-order valence-electron chi connectivity index (χ2n) is 5.44. The Labute approximate surface area is 150 Å². The lowest BCUT2D eigenvalue weighted by molar-refractivity contribution is -0.137. The van der Waals surface area contributed by atoms with Gasteiger partial charge < -0.3 is 10.3 Å². The maximum absolute atomic E-state index is 12.5. The molecule has 1 aromatic carbocycles. The lowest BCUT2D eigenvalue weighted by Gasteiger charge is -2.08. The van der Waals surface area contributed by atoms with Crippen molar-refractivity contribution in [3.8, 4) is 11.5 Å². The Kier molecular flexibility index (Phi) is 4.97. The molecule has 0 spiro atoms. The van der Waals surface area contributed by atoms with Gasteiger partial charge in [-0.2, -0.15) is 13.2 Å². The predicted molar refractivity (Wildman–Crippen MR) is 88.5 cm³/mol. The Bertz CT molecular complexity index is 1000. The quantitative estimate of drug-likeness (QED) is 0.728. The third kappa shape index (κ3) is 4.35. The number of rotatable bonds is 4. The van der Waals surface area contributed by atoms with Crippen molar-refractivity contribution in [2.24, 2.45) is 0 Å². The number of carbonyl (C=O) groups is 1. The molecule has 138 valence electrons. The first-order valence-electron chi connectivity index (χ1n) is 7.64. The van der Waals surface area contributed by atoms with Crippen LogP contribution in [-0.4, -0.2) is 25.8 Å². The molecule has 0 fully saturated rings. The van der Waals surface area contributed by atoms with Crippen LogP contribution in [0.3, 0.4) is 0 Å². The smallest absolute Gasteiger partial charge is 0.348 e. The number of amides is 1. The molecule has 0 aliphatic carbocycles. The van der Waals surface area contributed by atoms with E-state index in [1.807, 2.05) is 0 Å². The summed E-state index contributed by atoms with van der Waals surface area (Å²) in [5.41, 5.74) is -0.883. The summed E-state index contributed by atoms with van der Waals surface area (Å²) in [6.07, 6.45) is 0.976. The van der Waals surface area contributed by atoms with Gasteiger partial charge in [-0.15, -0.1) is 0 Å². The van der Waals surface area contributed by atoms with Crippen LogP contribution in [0.15, 0.2) is 53.8 Å². The molecule has 0 bridgehead atoms. The number of alkyl halides is 3. The highest BCUT2D eigenvalue weighted by molar-refractivity contribution is 5.93. The summed E-state index contributed by atoms with van der Waals surface area (Å²) in [4.78, 5) is 38.5. The monoisotopic (exact) mass is 375 g/mol. The first-order valence-corrected chi connectivity index (χ1v) is 7.64. The number of benzene rings is 1. The van der Waals surface area contributed by atoms with E-state index in [2.05, 4.69) is 25.3 Å². The number of H-pyrrole nitrogens is 1. The number of hydrogen-bond acceptors (Lipinski definition) is 5. The Hall–Kier alpha value is -3.56. The number of carbonyl (C=O) groups excluding carboxylic acids is 1. The van der Waals surface area contributed by atoms with E-state index >= 15 is 0 Å². The number of halogens is 3. The molecule has 0 radical (unpaired) electrons. The molecule has 10 heteroatoms. The van der Waals surface area contributed by atoms with E-state index in [4.69, 9.17) is 0 Å². The van der Waals surface area contributed by atoms with Gasteiger partial charge in [-0.25, -0.2) is 9.97 Å². The van der Waals surface area contributed by atoms with E-state index in [0.29, 0.717) is 11.3 Å². The first kappa shape index (κ1) is 18.2. The second kappa shape index (κ2) is 7.36. The van der Waals surface area contributed by atoms with Crippen molar-refractivity contribution in [2.45, 2.75) is 12.7 Å². The summed E-state index contributed by atoms with van der Waals surface area (Å²) in [5, 5.41) is 2.47. The maximum atomic E-state index is 12.5. The van der Waals surface area contributed by atoms with Gasteiger partial charge in [-0.1, -0.05) is 12.1 Å². The number of aromatic nitrogens is 4. The summed E-state index contributed by atoms with van der Waals surface area (Å²) >= 11 is 0. The molecule has 0 atom stereocenters. The van der Waals surface area contributed by atoms with Crippen molar-refractivity contribution in [1.82, 2.24) is 25.3 Å². The van der Waals surface area contributed by atoms with Crippen LogP contribution in [-0.2, 0) is 12.7 Å². The largest absolute Gasteiger partial charge is 0.416 e. The molecule has 0 aliphatic heterocycles. The van der Waals surface area contributed by atoms with E-state index in [-0.39, 0.29) is 17.9 Å². The maximum Gasteiger partial charge on any atom is 0.416 e. The second-order valence-corrected chi connectivity index (χ2v) is 5.44. The van der Waals surface area contributed by atoms with E-state index in [9.17, 15) is 22.8 Å². The molecule has 2 heterocycles. The van der Waals surface area contributed by atoms with Crippen LogP contribution in [0.4, 0.5) is 13.2 Å². The predicted octanol–water partition coefficient (Wildman–Crippen LogP) is 2.18. The third-order valence-electron chi connectivity index (χ3n) is 3.58. The number of nitrogens with one attached hydrogen (secondary N) is 2. The summed E-state index contributed by atoms with van der Waals surface area (Å²) in [5.74, 6) is -0.540. The standard InChI is InChI=1S/C17H12F3N5O2/c18-17(19,20)11-3-1-10(2-4-11)7-24-15(26)12-8-23-14(25-16(12)27)13-9-21-5-6-22-13/h1-6,8-9H,7H2,(H,24,26)(H,23,25,27). The SMILES string of the molecule is O=C(NCc1ccc(C(F)(F)F)cc1)c1cnc(-c2cnccn2)[nH]c1=O. The van der Waals surface area contributed by atoms with Crippen molar-refractivity contribution in [3.05, 3.63) is 76.1 Å². The molecule has 0 saturated carbocycles. The average Bonchev–Trinajstić information content (AvgIpc) is 2.66. The van der Waals surface area contributed by atoms with Gasteiger partial charge >= 0.3 is 6.18 Å². The number of aromatic amines is 1. The van der Waals surface area contributed by atoms with Crippen LogP contribution >= 0.6 is 0 Å². The third-order valence-corrected chi connectivity index (χ3v) is 3.58. The lowest BCUT2D eigenvalue weighted by atomic mass is 10.1. The van der Waals surface area contributed by atoms with Crippen LogP contribution in [0.5, 0.6) is 0 Å². The normalized spacial score (nSPS) is 11.2. The van der Waals surface area contributed by atoms with Crippen LogP contribution in [0, 0.1) is 0 Å². The van der Waals surface area contributed by atoms with Crippen LogP contribution in [0.2, 0.25) is 0 Å². The summed E-state index contributed by atoms with van der Waals surface area (Å²) < 4.78 is 37.6. The van der Waals surface area contributed by atoms with Gasteiger partial charge in [0.25, 0.3) is 11.5 Å². The molecule has 3 aromatic rings. The zero-order valence-electron chi connectivity index (χ0n) is 13.6. The van der Waals surface area contributed by atoms with Crippen LogP contribution in [0.25, 0.3) is 11.5 Å². The summed E-state index contributed by atoms with van der Waals surface area (Å²) in [7, 11) is 0. The van der Waals surface area contributed by atoms with Crippen molar-refractivity contribution in [1.29, 1.82) is 0 Å². The van der Waals surface area contributed by atoms with E-state index < -0.39 is 23.2 Å². The Balaban J connectivity index is 1.69. The van der Waals surface area contributed by atoms with E-state index in [1.54, 1.807) is 0 Å². The number of hydrogen-bond donors (Lipinski definition) is 2. The van der Waals surface area contributed by atoms with Gasteiger partial charge in [0.1, 0.15) is 11.3 Å². The molecule has 2 N–H and O–H groups in total. The number of nitrogens with zero attached hydrogens (tertiary/aromatic N) is 3. The Morgan fingerprint density at radius 3 is 2.41 bits per heavy atom. The van der Waals surface area contributed by atoms with Crippen LogP contribution in [0.1, 0.15) is 21.5 Å². The van der Waals surface area contributed by atoms with Crippen molar-refractivity contribution < 1.29 is 18.0 Å². The zero-order chi connectivity index (χ0) is 19.4. The molecule has 2 aromatic heterocycles. The molecule has 7 nitrogen and oxygen atoms in total. The van der Waals surface area contributed by atoms with Crippen molar-refractivity contribution in [3.63, 3.8) is 0 Å². The van der Waals surface area contributed by atoms with E-state index in [0.717, 1.165) is 18.3 Å². The molecular formula is C17H12F3N5O2. The Morgan fingerprint density at radius 1 is 1.07 bits per heavy atom. The minimum atomic E-state index is -4.42. The highest BCUT2D eigenvalue weighted by Gasteiger charge is 2.29. The fourth-order valence-electron chi connectivity index (χ4n) is 2.20. The van der Waals surface area contributed by atoms with Gasteiger partial charge in [-0.3, -0.25) is 14.6 Å². The van der Waals surface area contributed by atoms with Crippen LogP contribution < -0.4 is 10.9 Å². The minimum absolute atomic E-state index is 0.0394. The fourth-order valence-corrected chi connectivity index (χ4v) is 2.20. The average molecular weight is 375 g/mol. The fraction of sp³-hybridized carbons (Fsp3) is 0.118. The molecular weight excluding hydrogens is 363 g/mol. The highest BCUT2D eigenvalue weighted by Crippen LogP contribution is 2.29.